The lowest BCUT2D eigenvalue weighted by molar-refractivity contribution is 0.158. The standard InChI is InChI=1S/C15H18N2O/c1-12(17-15-9-5-6-10-16-15)14(18)11-13-7-3-2-4-8-13/h2-10,12,14,18H,11H2,1H3,(H,16,17). The second-order valence-corrected chi connectivity index (χ2v) is 4.41. The first-order valence-electron chi connectivity index (χ1n) is 6.15. The van der Waals surface area contributed by atoms with Crippen LogP contribution in [0.3, 0.4) is 0 Å². The molecular weight excluding hydrogens is 224 g/mol. The van der Waals surface area contributed by atoms with Crippen molar-refractivity contribution in [3.8, 4) is 0 Å². The molecule has 3 heteroatoms. The van der Waals surface area contributed by atoms with Crippen molar-refractivity contribution in [2.45, 2.75) is 25.5 Å². The Balaban J connectivity index is 1.91. The molecule has 3 nitrogen and oxygen atoms in total. The predicted molar refractivity (Wildman–Crippen MR) is 73.5 cm³/mol. The fourth-order valence-electron chi connectivity index (χ4n) is 1.81. The number of nitrogens with one attached hydrogen (secondary N) is 1. The zero-order chi connectivity index (χ0) is 12.8. The molecule has 2 aromatic rings. The zero-order valence-corrected chi connectivity index (χ0v) is 10.5. The molecule has 2 rings (SSSR count). The molecule has 0 fully saturated rings. The number of nitrogens with zero attached hydrogens (tertiary/aromatic N) is 1. The molecule has 1 aromatic heterocycles. The van der Waals surface area contributed by atoms with Crippen molar-refractivity contribution in [3.63, 3.8) is 0 Å². The number of aromatic nitrogens is 1. The summed E-state index contributed by atoms with van der Waals surface area (Å²) >= 11 is 0. The highest BCUT2D eigenvalue weighted by Crippen LogP contribution is 2.10. The molecule has 0 spiro atoms. The molecule has 0 aliphatic carbocycles. The number of pyridine rings is 1. The number of aliphatic hydroxyl groups excluding tert-OH is 1. The molecule has 0 bridgehead atoms. The highest BCUT2D eigenvalue weighted by molar-refractivity contribution is 5.34. The molecule has 1 aromatic carbocycles. The first-order valence-corrected chi connectivity index (χ1v) is 6.15. The monoisotopic (exact) mass is 242 g/mol. The molecule has 0 saturated heterocycles. The average Bonchev–Trinajstić information content (AvgIpc) is 2.41. The van der Waals surface area contributed by atoms with E-state index in [1.54, 1.807) is 6.20 Å². The van der Waals surface area contributed by atoms with Crippen LogP contribution in [-0.2, 0) is 6.42 Å². The maximum atomic E-state index is 10.1. The van der Waals surface area contributed by atoms with Crippen molar-refractivity contribution < 1.29 is 5.11 Å². The van der Waals surface area contributed by atoms with Gasteiger partial charge in [0.2, 0.25) is 0 Å². The van der Waals surface area contributed by atoms with Crippen molar-refractivity contribution >= 4 is 5.82 Å². The summed E-state index contributed by atoms with van der Waals surface area (Å²) in [5.41, 5.74) is 1.14. The Morgan fingerprint density at radius 1 is 1.11 bits per heavy atom. The summed E-state index contributed by atoms with van der Waals surface area (Å²) in [6, 6.07) is 15.6. The number of rotatable bonds is 5. The topological polar surface area (TPSA) is 45.2 Å². The third-order valence-electron chi connectivity index (χ3n) is 2.91. The van der Waals surface area contributed by atoms with Crippen LogP contribution in [-0.4, -0.2) is 22.2 Å². The Morgan fingerprint density at radius 3 is 2.50 bits per heavy atom. The van der Waals surface area contributed by atoms with E-state index in [1.165, 1.54) is 0 Å². The largest absolute Gasteiger partial charge is 0.391 e. The molecular formula is C15H18N2O. The summed E-state index contributed by atoms with van der Waals surface area (Å²) in [5.74, 6) is 0.789. The number of hydrogen-bond acceptors (Lipinski definition) is 3. The Hall–Kier alpha value is -1.87. The normalized spacial score (nSPS) is 13.9. The number of anilines is 1. The lowest BCUT2D eigenvalue weighted by atomic mass is 10.0. The van der Waals surface area contributed by atoms with Crippen LogP contribution in [0.25, 0.3) is 0 Å². The van der Waals surface area contributed by atoms with Gasteiger partial charge in [-0.3, -0.25) is 0 Å². The van der Waals surface area contributed by atoms with Crippen LogP contribution in [0.15, 0.2) is 54.7 Å². The minimum Gasteiger partial charge on any atom is -0.391 e. The van der Waals surface area contributed by atoms with E-state index in [2.05, 4.69) is 10.3 Å². The molecule has 0 aliphatic rings. The van der Waals surface area contributed by atoms with E-state index >= 15 is 0 Å². The van der Waals surface area contributed by atoms with E-state index in [4.69, 9.17) is 0 Å². The number of aliphatic hydroxyl groups is 1. The summed E-state index contributed by atoms with van der Waals surface area (Å²) in [7, 11) is 0. The first-order chi connectivity index (χ1) is 8.75. The maximum Gasteiger partial charge on any atom is 0.126 e. The third kappa shape index (κ3) is 3.57. The first kappa shape index (κ1) is 12.6. The summed E-state index contributed by atoms with van der Waals surface area (Å²) in [5, 5.41) is 13.3. The third-order valence-corrected chi connectivity index (χ3v) is 2.91. The van der Waals surface area contributed by atoms with Gasteiger partial charge in [-0.25, -0.2) is 4.98 Å². The molecule has 2 atom stereocenters. The summed E-state index contributed by atoms with van der Waals surface area (Å²) in [4.78, 5) is 4.19. The lowest BCUT2D eigenvalue weighted by Gasteiger charge is -2.20. The highest BCUT2D eigenvalue weighted by atomic mass is 16.3. The van der Waals surface area contributed by atoms with Crippen molar-refractivity contribution in [3.05, 3.63) is 60.3 Å². The predicted octanol–water partition coefficient (Wildman–Crippen LogP) is 2.49. The van der Waals surface area contributed by atoms with E-state index < -0.39 is 6.10 Å². The van der Waals surface area contributed by atoms with Crippen LogP contribution >= 0.6 is 0 Å². The SMILES string of the molecule is CC(Nc1ccccn1)C(O)Cc1ccccc1. The van der Waals surface area contributed by atoms with Gasteiger partial charge in [-0.2, -0.15) is 0 Å². The van der Waals surface area contributed by atoms with Gasteiger partial charge < -0.3 is 10.4 Å². The van der Waals surface area contributed by atoms with Gasteiger partial charge in [-0.1, -0.05) is 36.4 Å². The quantitative estimate of drug-likeness (QED) is 0.846. The van der Waals surface area contributed by atoms with Gasteiger partial charge >= 0.3 is 0 Å². The molecule has 1 heterocycles. The summed E-state index contributed by atoms with van der Waals surface area (Å²) < 4.78 is 0. The summed E-state index contributed by atoms with van der Waals surface area (Å²) in [6.45, 7) is 1.96. The van der Waals surface area contributed by atoms with Gasteiger partial charge in [0.25, 0.3) is 0 Å². The molecule has 2 unspecified atom stereocenters. The van der Waals surface area contributed by atoms with E-state index in [0.717, 1.165) is 11.4 Å². The van der Waals surface area contributed by atoms with Gasteiger partial charge in [0.05, 0.1) is 12.1 Å². The molecule has 0 radical (unpaired) electrons. The molecule has 94 valence electrons. The maximum absolute atomic E-state index is 10.1. The van der Waals surface area contributed by atoms with Crippen LogP contribution < -0.4 is 5.32 Å². The highest BCUT2D eigenvalue weighted by Gasteiger charge is 2.14. The van der Waals surface area contributed by atoms with Gasteiger partial charge in [-0.05, 0) is 24.6 Å². The second-order valence-electron chi connectivity index (χ2n) is 4.41. The Kier molecular flexibility index (Phi) is 4.31. The fraction of sp³-hybridized carbons (Fsp3) is 0.267. The smallest absolute Gasteiger partial charge is 0.126 e. The molecule has 2 N–H and O–H groups in total. The van der Waals surface area contributed by atoms with Crippen molar-refractivity contribution in [2.75, 3.05) is 5.32 Å². The zero-order valence-electron chi connectivity index (χ0n) is 10.5. The van der Waals surface area contributed by atoms with Crippen molar-refractivity contribution in [1.29, 1.82) is 0 Å². The van der Waals surface area contributed by atoms with Gasteiger partial charge in [0.1, 0.15) is 5.82 Å². The van der Waals surface area contributed by atoms with Crippen molar-refractivity contribution in [1.82, 2.24) is 4.98 Å². The Bertz CT molecular complexity index is 413. The van der Waals surface area contributed by atoms with Gasteiger partial charge in [0, 0.05) is 12.6 Å². The van der Waals surface area contributed by atoms with E-state index in [0.29, 0.717) is 6.42 Å². The number of benzene rings is 1. The molecule has 0 aliphatic heterocycles. The molecule has 18 heavy (non-hydrogen) atoms. The van der Waals surface area contributed by atoms with E-state index in [-0.39, 0.29) is 6.04 Å². The average molecular weight is 242 g/mol. The van der Waals surface area contributed by atoms with Gasteiger partial charge in [0.15, 0.2) is 0 Å². The van der Waals surface area contributed by atoms with E-state index in [9.17, 15) is 5.11 Å². The van der Waals surface area contributed by atoms with Crippen LogP contribution in [0.4, 0.5) is 5.82 Å². The summed E-state index contributed by atoms with van der Waals surface area (Å²) in [6.07, 6.45) is 1.94. The minimum absolute atomic E-state index is 0.0416. The van der Waals surface area contributed by atoms with Crippen LogP contribution in [0.5, 0.6) is 0 Å². The number of hydrogen-bond donors (Lipinski definition) is 2. The van der Waals surface area contributed by atoms with E-state index in [1.807, 2.05) is 55.5 Å². The lowest BCUT2D eigenvalue weighted by Crippen LogP contribution is -2.32. The van der Waals surface area contributed by atoms with Crippen LogP contribution in [0.1, 0.15) is 12.5 Å². The second kappa shape index (κ2) is 6.17. The van der Waals surface area contributed by atoms with Crippen molar-refractivity contribution in [2.24, 2.45) is 0 Å². The minimum atomic E-state index is -0.436. The van der Waals surface area contributed by atoms with Gasteiger partial charge in [-0.15, -0.1) is 0 Å². The van der Waals surface area contributed by atoms with Crippen LogP contribution in [0.2, 0.25) is 0 Å². The van der Waals surface area contributed by atoms with Crippen LogP contribution in [0, 0.1) is 0 Å². The molecule has 0 saturated carbocycles. The molecule has 0 amide bonds. The Morgan fingerprint density at radius 2 is 1.83 bits per heavy atom. The Labute approximate surface area is 108 Å². The fourth-order valence-corrected chi connectivity index (χ4v) is 1.81.